The molecule has 6 heteroatoms. The Kier molecular flexibility index (Phi) is 5.66. The van der Waals surface area contributed by atoms with Crippen molar-refractivity contribution in [3.63, 3.8) is 0 Å². The van der Waals surface area contributed by atoms with Gasteiger partial charge in [-0.2, -0.15) is 0 Å². The first kappa shape index (κ1) is 18.8. The molecule has 3 rings (SSSR count). The first-order chi connectivity index (χ1) is 13.0. The molecule has 0 bridgehead atoms. The van der Waals surface area contributed by atoms with E-state index in [-0.39, 0.29) is 17.3 Å². The van der Waals surface area contributed by atoms with Crippen LogP contribution in [0.3, 0.4) is 0 Å². The molecule has 1 N–H and O–H groups in total. The second-order valence-electron chi connectivity index (χ2n) is 6.52. The number of thiophene rings is 1. The third-order valence-electron chi connectivity index (χ3n) is 4.38. The number of rotatable bonds is 6. The van der Waals surface area contributed by atoms with Gasteiger partial charge in [0.25, 0.3) is 11.6 Å². The zero-order chi connectivity index (χ0) is 19.4. The van der Waals surface area contributed by atoms with Crippen LogP contribution >= 0.6 is 11.3 Å². The Morgan fingerprint density at radius 2 is 1.67 bits per heavy atom. The van der Waals surface area contributed by atoms with E-state index in [1.807, 2.05) is 29.6 Å². The summed E-state index contributed by atoms with van der Waals surface area (Å²) in [6.45, 7) is 4.25. The zero-order valence-corrected chi connectivity index (χ0v) is 15.9. The summed E-state index contributed by atoms with van der Waals surface area (Å²) in [5, 5.41) is 16.1. The predicted octanol–water partition coefficient (Wildman–Crippen LogP) is 5.30. The lowest BCUT2D eigenvalue weighted by atomic mass is 9.98. The molecule has 2 aromatic carbocycles. The van der Waals surface area contributed by atoms with Crippen molar-refractivity contribution in [3.8, 4) is 0 Å². The molecule has 5 nitrogen and oxygen atoms in total. The number of hydrogen-bond donors (Lipinski definition) is 1. The fraction of sp³-hybridized carbons (Fsp3) is 0.190. The Labute approximate surface area is 161 Å². The molecule has 1 aromatic heterocycles. The number of nitro benzene ring substituents is 1. The summed E-state index contributed by atoms with van der Waals surface area (Å²) < 4.78 is 0. The number of hydrogen-bond acceptors (Lipinski definition) is 4. The van der Waals surface area contributed by atoms with Crippen LogP contribution in [-0.2, 0) is 0 Å². The maximum atomic E-state index is 12.8. The van der Waals surface area contributed by atoms with E-state index in [0.717, 1.165) is 10.4 Å². The SMILES string of the molecule is CC(C)c1ccc(C(NC(=O)c2ccccc2[N+](=O)[O-])c2cccs2)cc1. The van der Waals surface area contributed by atoms with Crippen molar-refractivity contribution in [2.75, 3.05) is 0 Å². The fourth-order valence-electron chi connectivity index (χ4n) is 2.88. The maximum Gasteiger partial charge on any atom is 0.282 e. The number of carbonyl (C=O) groups is 1. The molecule has 0 saturated carbocycles. The van der Waals surface area contributed by atoms with Gasteiger partial charge in [-0.25, -0.2) is 0 Å². The monoisotopic (exact) mass is 380 g/mol. The first-order valence-electron chi connectivity index (χ1n) is 8.65. The average Bonchev–Trinajstić information content (AvgIpc) is 3.20. The molecule has 1 atom stereocenters. The van der Waals surface area contributed by atoms with Gasteiger partial charge in [-0.05, 0) is 34.6 Å². The van der Waals surface area contributed by atoms with Crippen molar-refractivity contribution < 1.29 is 9.72 Å². The lowest BCUT2D eigenvalue weighted by molar-refractivity contribution is -0.385. The maximum absolute atomic E-state index is 12.8. The minimum absolute atomic E-state index is 0.0582. The van der Waals surface area contributed by atoms with Crippen molar-refractivity contribution in [1.29, 1.82) is 0 Å². The third-order valence-corrected chi connectivity index (χ3v) is 5.32. The molecule has 3 aromatic rings. The van der Waals surface area contributed by atoms with Crippen LogP contribution in [0.15, 0.2) is 66.0 Å². The normalized spacial score (nSPS) is 12.0. The Balaban J connectivity index is 1.94. The van der Waals surface area contributed by atoms with Gasteiger partial charge in [-0.15, -0.1) is 11.3 Å². The van der Waals surface area contributed by atoms with E-state index in [1.54, 1.807) is 12.1 Å². The first-order valence-corrected chi connectivity index (χ1v) is 9.53. The molecule has 0 aliphatic heterocycles. The highest BCUT2D eigenvalue weighted by Gasteiger charge is 2.24. The third kappa shape index (κ3) is 4.23. The number of benzene rings is 2. The number of carbonyl (C=O) groups excluding carboxylic acids is 1. The van der Waals surface area contributed by atoms with E-state index < -0.39 is 10.8 Å². The number of amides is 1. The van der Waals surface area contributed by atoms with E-state index in [4.69, 9.17) is 0 Å². The second-order valence-corrected chi connectivity index (χ2v) is 7.50. The molecule has 1 heterocycles. The highest BCUT2D eigenvalue weighted by atomic mass is 32.1. The Hall–Kier alpha value is -2.99. The van der Waals surface area contributed by atoms with E-state index in [0.29, 0.717) is 5.92 Å². The van der Waals surface area contributed by atoms with Crippen LogP contribution in [0, 0.1) is 10.1 Å². The fourth-order valence-corrected chi connectivity index (χ4v) is 3.68. The largest absolute Gasteiger partial charge is 0.340 e. The molecule has 0 saturated heterocycles. The molecule has 0 radical (unpaired) electrons. The van der Waals surface area contributed by atoms with Gasteiger partial charge in [0.1, 0.15) is 5.56 Å². The van der Waals surface area contributed by atoms with E-state index >= 15 is 0 Å². The quantitative estimate of drug-likeness (QED) is 0.466. The minimum Gasteiger partial charge on any atom is -0.340 e. The molecular weight excluding hydrogens is 360 g/mol. The zero-order valence-electron chi connectivity index (χ0n) is 15.1. The summed E-state index contributed by atoms with van der Waals surface area (Å²) in [7, 11) is 0. The Morgan fingerprint density at radius 1 is 1.00 bits per heavy atom. The molecule has 0 aliphatic carbocycles. The van der Waals surface area contributed by atoms with Gasteiger partial charge in [0.2, 0.25) is 0 Å². The molecule has 27 heavy (non-hydrogen) atoms. The van der Waals surface area contributed by atoms with Crippen molar-refractivity contribution in [3.05, 3.63) is 97.7 Å². The van der Waals surface area contributed by atoms with E-state index in [1.165, 1.54) is 29.0 Å². The number of nitrogens with zero attached hydrogens (tertiary/aromatic N) is 1. The number of para-hydroxylation sites is 1. The highest BCUT2D eigenvalue weighted by Crippen LogP contribution is 2.28. The molecule has 1 unspecified atom stereocenters. The summed E-state index contributed by atoms with van der Waals surface area (Å²) in [6, 6.07) is 17.6. The van der Waals surface area contributed by atoms with Crippen LogP contribution in [0.1, 0.15) is 52.2 Å². The van der Waals surface area contributed by atoms with E-state index in [9.17, 15) is 14.9 Å². The van der Waals surface area contributed by atoms with Crippen LogP contribution in [0.2, 0.25) is 0 Å². The molecule has 0 fully saturated rings. The lowest BCUT2D eigenvalue weighted by Crippen LogP contribution is -2.29. The van der Waals surface area contributed by atoms with Gasteiger partial charge in [-0.3, -0.25) is 14.9 Å². The molecule has 0 aliphatic rings. The molecule has 0 spiro atoms. The number of nitrogens with one attached hydrogen (secondary N) is 1. The van der Waals surface area contributed by atoms with Gasteiger partial charge in [-0.1, -0.05) is 56.3 Å². The second kappa shape index (κ2) is 8.14. The van der Waals surface area contributed by atoms with Crippen LogP contribution < -0.4 is 5.32 Å². The van der Waals surface area contributed by atoms with Gasteiger partial charge >= 0.3 is 0 Å². The summed E-state index contributed by atoms with van der Waals surface area (Å²) in [6.07, 6.45) is 0. The summed E-state index contributed by atoms with van der Waals surface area (Å²) in [5.74, 6) is -0.0468. The van der Waals surface area contributed by atoms with Crippen molar-refractivity contribution >= 4 is 22.9 Å². The van der Waals surface area contributed by atoms with Crippen LogP contribution in [0.25, 0.3) is 0 Å². The van der Waals surface area contributed by atoms with Crippen molar-refractivity contribution in [1.82, 2.24) is 5.32 Å². The van der Waals surface area contributed by atoms with Crippen LogP contribution in [0.4, 0.5) is 5.69 Å². The predicted molar refractivity (Wildman–Crippen MR) is 107 cm³/mol. The van der Waals surface area contributed by atoms with Gasteiger partial charge in [0.05, 0.1) is 11.0 Å². The van der Waals surface area contributed by atoms with E-state index in [2.05, 4.69) is 31.3 Å². The summed E-state index contributed by atoms with van der Waals surface area (Å²) in [4.78, 5) is 24.5. The van der Waals surface area contributed by atoms with Crippen molar-refractivity contribution in [2.24, 2.45) is 0 Å². The standard InChI is InChI=1S/C21H20N2O3S/c1-14(2)15-9-11-16(12-10-15)20(19-8-5-13-27-19)22-21(24)17-6-3-4-7-18(17)23(25)26/h3-14,20H,1-2H3,(H,22,24). The Bertz CT molecular complexity index is 934. The highest BCUT2D eigenvalue weighted by molar-refractivity contribution is 7.10. The van der Waals surface area contributed by atoms with Crippen molar-refractivity contribution in [2.45, 2.75) is 25.8 Å². The van der Waals surface area contributed by atoms with Crippen LogP contribution in [-0.4, -0.2) is 10.8 Å². The van der Waals surface area contributed by atoms with Gasteiger partial charge in [0, 0.05) is 10.9 Å². The van der Waals surface area contributed by atoms with Crippen LogP contribution in [0.5, 0.6) is 0 Å². The topological polar surface area (TPSA) is 72.2 Å². The van der Waals surface area contributed by atoms with Gasteiger partial charge < -0.3 is 5.32 Å². The smallest absolute Gasteiger partial charge is 0.282 e. The summed E-state index contributed by atoms with van der Waals surface area (Å²) >= 11 is 1.54. The molecule has 1 amide bonds. The van der Waals surface area contributed by atoms with Gasteiger partial charge in [0.15, 0.2) is 0 Å². The molecule has 138 valence electrons. The molecular formula is C21H20N2O3S. The number of nitro groups is 1. The minimum atomic E-state index is -0.535. The average molecular weight is 380 g/mol. The Morgan fingerprint density at radius 3 is 2.26 bits per heavy atom. The summed E-state index contributed by atoms with van der Waals surface area (Å²) in [5.41, 5.74) is 2.01. The lowest BCUT2D eigenvalue weighted by Gasteiger charge is -2.19.